The number of benzene rings is 1. The largest absolute Gasteiger partial charge is 0.507 e. The average Bonchev–Trinajstić information content (AvgIpc) is 3.24. The molecular formula is C24H29ClN6O. The van der Waals surface area contributed by atoms with Gasteiger partial charge in [-0.05, 0) is 37.6 Å². The van der Waals surface area contributed by atoms with E-state index in [0.29, 0.717) is 39.2 Å². The number of aromatic hydroxyl groups is 1. The van der Waals surface area contributed by atoms with Gasteiger partial charge in [-0.3, -0.25) is 4.99 Å². The minimum Gasteiger partial charge on any atom is -0.507 e. The van der Waals surface area contributed by atoms with Crippen molar-refractivity contribution in [2.45, 2.75) is 32.2 Å². The molecule has 2 aromatic heterocycles. The second kappa shape index (κ2) is 9.71. The van der Waals surface area contributed by atoms with Crippen molar-refractivity contribution in [3.63, 3.8) is 0 Å². The normalized spacial score (nSPS) is 16.5. The lowest BCUT2D eigenvalue weighted by molar-refractivity contribution is 0.477. The van der Waals surface area contributed by atoms with Crippen molar-refractivity contribution in [1.82, 2.24) is 15.3 Å². The number of aliphatic imine (C=N–C) groups is 1. The number of fused-ring (bicyclic) bond motifs is 1. The molecule has 0 amide bonds. The summed E-state index contributed by atoms with van der Waals surface area (Å²) in [5, 5.41) is 15.4. The molecule has 7 nitrogen and oxygen atoms in total. The molecule has 1 fully saturated rings. The number of nitrogens with two attached hydrogens (primary N) is 1. The number of phenolic OH excluding ortho intramolecular Hbond substituents is 1. The van der Waals surface area contributed by atoms with Crippen LogP contribution >= 0.6 is 11.6 Å². The fourth-order valence-electron chi connectivity index (χ4n) is 4.09. The van der Waals surface area contributed by atoms with E-state index in [1.165, 1.54) is 18.9 Å². The number of aromatic nitrogens is 2. The van der Waals surface area contributed by atoms with Crippen LogP contribution < -0.4 is 16.0 Å². The Hall–Kier alpha value is -2.90. The van der Waals surface area contributed by atoms with Crippen LogP contribution in [0.1, 0.15) is 31.7 Å². The molecule has 0 saturated carbocycles. The van der Waals surface area contributed by atoms with Crippen molar-refractivity contribution in [2.24, 2.45) is 4.99 Å². The number of phenols is 1. The molecule has 1 atom stereocenters. The number of halogens is 1. The molecule has 4 rings (SSSR count). The van der Waals surface area contributed by atoms with Crippen molar-refractivity contribution in [3.8, 4) is 17.0 Å². The number of rotatable bonds is 7. The summed E-state index contributed by atoms with van der Waals surface area (Å²) in [6.45, 7) is 5.22. The van der Waals surface area contributed by atoms with Gasteiger partial charge in [-0.2, -0.15) is 0 Å². The molecule has 0 radical (unpaired) electrons. The highest BCUT2D eigenvalue weighted by molar-refractivity contribution is 6.35. The van der Waals surface area contributed by atoms with E-state index >= 15 is 0 Å². The molecule has 4 N–H and O–H groups in total. The molecule has 1 unspecified atom stereocenters. The average molecular weight is 453 g/mol. The third-order valence-electron chi connectivity index (χ3n) is 5.86. The first-order valence-electron chi connectivity index (χ1n) is 11.0. The highest BCUT2D eigenvalue weighted by atomic mass is 35.5. The zero-order valence-electron chi connectivity index (χ0n) is 18.5. The Bertz CT molecular complexity index is 1150. The molecular weight excluding hydrogens is 424 g/mol. The van der Waals surface area contributed by atoms with E-state index < -0.39 is 0 Å². The van der Waals surface area contributed by atoms with E-state index in [4.69, 9.17) is 17.3 Å². The third-order valence-corrected chi connectivity index (χ3v) is 6.17. The maximum absolute atomic E-state index is 10.4. The molecule has 8 heteroatoms. The molecule has 0 aliphatic carbocycles. The van der Waals surface area contributed by atoms with Crippen molar-refractivity contribution in [3.05, 3.63) is 41.0 Å². The maximum Gasteiger partial charge on any atom is 0.161 e. The Labute approximate surface area is 193 Å². The lowest BCUT2D eigenvalue weighted by Crippen LogP contribution is -2.33. The SMILES string of the molecule is CCCCNC1CCN(c2cnc3nc(-c4cc(C=NC)c(N)cc4O)cc(Cl)c3c2)C1. The molecule has 0 bridgehead atoms. The number of unbranched alkanes of at least 4 members (excludes halogenated alkanes) is 1. The molecule has 32 heavy (non-hydrogen) atoms. The van der Waals surface area contributed by atoms with Crippen molar-refractivity contribution >= 4 is 40.2 Å². The number of pyridine rings is 2. The van der Waals surface area contributed by atoms with E-state index in [2.05, 4.69) is 32.1 Å². The number of hydrogen-bond acceptors (Lipinski definition) is 7. The van der Waals surface area contributed by atoms with Gasteiger partial charge in [0.2, 0.25) is 0 Å². The van der Waals surface area contributed by atoms with Crippen LogP contribution in [0, 0.1) is 0 Å². The number of nitrogen functional groups attached to an aromatic ring is 1. The second-order valence-corrected chi connectivity index (χ2v) is 8.59. The van der Waals surface area contributed by atoms with E-state index in [1.54, 1.807) is 25.4 Å². The van der Waals surface area contributed by atoms with Crippen molar-refractivity contribution in [2.75, 3.05) is 37.3 Å². The summed E-state index contributed by atoms with van der Waals surface area (Å²) >= 11 is 6.64. The monoisotopic (exact) mass is 452 g/mol. The molecule has 1 aromatic carbocycles. The summed E-state index contributed by atoms with van der Waals surface area (Å²) in [6.07, 6.45) is 7.02. The van der Waals surface area contributed by atoms with Crippen LogP contribution in [0.25, 0.3) is 22.3 Å². The zero-order chi connectivity index (χ0) is 22.7. The van der Waals surface area contributed by atoms with Gasteiger partial charge in [-0.1, -0.05) is 24.9 Å². The molecule has 1 saturated heterocycles. The van der Waals surface area contributed by atoms with Gasteiger partial charge in [0, 0.05) is 60.7 Å². The summed E-state index contributed by atoms with van der Waals surface area (Å²) in [7, 11) is 1.67. The predicted molar refractivity (Wildman–Crippen MR) is 133 cm³/mol. The Morgan fingerprint density at radius 1 is 1.34 bits per heavy atom. The fraction of sp³-hybridized carbons (Fsp3) is 0.375. The van der Waals surface area contributed by atoms with Gasteiger partial charge >= 0.3 is 0 Å². The van der Waals surface area contributed by atoms with Crippen LogP contribution in [0.2, 0.25) is 5.02 Å². The lowest BCUT2D eigenvalue weighted by atomic mass is 10.0. The quantitative estimate of drug-likeness (QED) is 0.281. The smallest absolute Gasteiger partial charge is 0.161 e. The van der Waals surface area contributed by atoms with E-state index in [0.717, 1.165) is 37.1 Å². The van der Waals surface area contributed by atoms with Gasteiger partial charge in [0.05, 0.1) is 22.6 Å². The highest BCUT2D eigenvalue weighted by Crippen LogP contribution is 2.35. The lowest BCUT2D eigenvalue weighted by Gasteiger charge is -2.19. The summed E-state index contributed by atoms with van der Waals surface area (Å²) in [4.78, 5) is 15.6. The molecule has 0 spiro atoms. The van der Waals surface area contributed by atoms with Crippen LogP contribution in [0.3, 0.4) is 0 Å². The number of nitrogens with one attached hydrogen (secondary N) is 1. The maximum atomic E-state index is 10.4. The molecule has 1 aliphatic rings. The van der Waals surface area contributed by atoms with Gasteiger partial charge < -0.3 is 21.1 Å². The van der Waals surface area contributed by atoms with E-state index in [9.17, 15) is 5.11 Å². The number of anilines is 2. The topological polar surface area (TPSA) is 99.7 Å². The minimum absolute atomic E-state index is 0.0361. The molecule has 168 valence electrons. The Kier molecular flexibility index (Phi) is 6.77. The summed E-state index contributed by atoms with van der Waals surface area (Å²) in [6, 6.07) is 7.57. The van der Waals surface area contributed by atoms with Gasteiger partial charge in [0.15, 0.2) is 5.65 Å². The number of hydrogen-bond donors (Lipinski definition) is 3. The summed E-state index contributed by atoms with van der Waals surface area (Å²) in [5.74, 6) is 0.0361. The fourth-order valence-corrected chi connectivity index (χ4v) is 4.33. The zero-order valence-corrected chi connectivity index (χ0v) is 19.2. The minimum atomic E-state index is 0.0361. The van der Waals surface area contributed by atoms with Gasteiger partial charge in [0.1, 0.15) is 5.75 Å². The predicted octanol–water partition coefficient (Wildman–Crippen LogP) is 4.26. The Balaban J connectivity index is 1.62. The standard InChI is InChI=1S/C24H29ClN6O/c1-3-4-6-28-16-5-7-31(14-16)17-9-18-20(25)10-22(30-24(18)29-13-17)19-8-15(12-27-2)21(26)11-23(19)32/h8-13,16,28,32H,3-7,14,26H2,1-2H3. The first kappa shape index (κ1) is 22.3. The van der Waals surface area contributed by atoms with E-state index in [1.807, 2.05) is 12.3 Å². The number of nitrogens with zero attached hydrogens (tertiary/aromatic N) is 4. The van der Waals surface area contributed by atoms with Gasteiger partial charge in [-0.15, -0.1) is 0 Å². The summed E-state index contributed by atoms with van der Waals surface area (Å²) < 4.78 is 0. The van der Waals surface area contributed by atoms with Gasteiger partial charge in [0.25, 0.3) is 0 Å². The highest BCUT2D eigenvalue weighted by Gasteiger charge is 2.23. The first-order valence-corrected chi connectivity index (χ1v) is 11.4. The van der Waals surface area contributed by atoms with Crippen LogP contribution in [-0.2, 0) is 0 Å². The Morgan fingerprint density at radius 2 is 2.19 bits per heavy atom. The van der Waals surface area contributed by atoms with Crippen molar-refractivity contribution in [1.29, 1.82) is 0 Å². The van der Waals surface area contributed by atoms with Crippen molar-refractivity contribution < 1.29 is 5.11 Å². The van der Waals surface area contributed by atoms with Crippen LogP contribution in [0.5, 0.6) is 5.75 Å². The second-order valence-electron chi connectivity index (χ2n) is 8.18. The van der Waals surface area contributed by atoms with Crippen LogP contribution in [0.15, 0.2) is 35.5 Å². The van der Waals surface area contributed by atoms with Crippen LogP contribution in [-0.4, -0.2) is 54.0 Å². The summed E-state index contributed by atoms with van der Waals surface area (Å²) in [5.41, 5.74) is 9.78. The first-order chi connectivity index (χ1) is 15.5. The van der Waals surface area contributed by atoms with E-state index in [-0.39, 0.29) is 5.75 Å². The van der Waals surface area contributed by atoms with Crippen LogP contribution in [0.4, 0.5) is 11.4 Å². The third kappa shape index (κ3) is 4.64. The molecule has 3 heterocycles. The van der Waals surface area contributed by atoms with Gasteiger partial charge in [-0.25, -0.2) is 9.97 Å². The molecule has 3 aromatic rings. The molecule has 1 aliphatic heterocycles. The Morgan fingerprint density at radius 3 is 2.97 bits per heavy atom.